The first-order valence-electron chi connectivity index (χ1n) is 7.53. The van der Waals surface area contributed by atoms with Gasteiger partial charge in [-0.05, 0) is 43.7 Å². The van der Waals surface area contributed by atoms with Crippen molar-refractivity contribution < 1.29 is 19.4 Å². The first-order chi connectivity index (χ1) is 11.5. The molecule has 0 unspecified atom stereocenters. The second-order valence-electron chi connectivity index (χ2n) is 5.22. The van der Waals surface area contributed by atoms with Crippen LogP contribution < -0.4 is 14.8 Å². The molecule has 0 amide bonds. The van der Waals surface area contributed by atoms with Crippen LogP contribution in [0.5, 0.6) is 11.5 Å². The van der Waals surface area contributed by atoms with E-state index in [2.05, 4.69) is 5.32 Å². The van der Waals surface area contributed by atoms with E-state index in [9.17, 15) is 4.79 Å². The van der Waals surface area contributed by atoms with Crippen LogP contribution in [0, 0.1) is 6.92 Å². The number of aryl methyl sites for hydroxylation is 1. The van der Waals surface area contributed by atoms with Crippen molar-refractivity contribution in [1.82, 2.24) is 0 Å². The molecule has 2 N–H and O–H groups in total. The number of hydrogen-bond donors (Lipinski definition) is 2. The molecular weight excluding hydrogens is 330 g/mol. The summed E-state index contributed by atoms with van der Waals surface area (Å²) < 4.78 is 11.0. The van der Waals surface area contributed by atoms with Crippen LogP contribution in [-0.2, 0) is 6.54 Å². The maximum absolute atomic E-state index is 11.0. The summed E-state index contributed by atoms with van der Waals surface area (Å²) in [6, 6.07) is 8.49. The van der Waals surface area contributed by atoms with Gasteiger partial charge in [-0.2, -0.15) is 0 Å². The van der Waals surface area contributed by atoms with E-state index in [1.54, 1.807) is 31.4 Å². The van der Waals surface area contributed by atoms with Gasteiger partial charge in [0.1, 0.15) is 0 Å². The second-order valence-corrected chi connectivity index (χ2v) is 5.65. The van der Waals surface area contributed by atoms with E-state index >= 15 is 0 Å². The highest BCUT2D eigenvalue weighted by molar-refractivity contribution is 6.30. The predicted octanol–water partition coefficient (Wildman–Crippen LogP) is 4.37. The lowest BCUT2D eigenvalue weighted by Gasteiger charge is -2.16. The molecule has 2 rings (SSSR count). The van der Waals surface area contributed by atoms with Crippen molar-refractivity contribution >= 4 is 23.3 Å². The SMILES string of the molecule is CCOc1c(CNc2ccc(C(=O)O)cc2C)cc(Cl)cc1OC. The number of halogens is 1. The van der Waals surface area contributed by atoms with Crippen molar-refractivity contribution in [1.29, 1.82) is 0 Å². The molecule has 0 fully saturated rings. The molecule has 0 spiro atoms. The zero-order valence-electron chi connectivity index (χ0n) is 13.9. The van der Waals surface area contributed by atoms with Crippen LogP contribution in [-0.4, -0.2) is 24.8 Å². The fourth-order valence-electron chi connectivity index (χ4n) is 2.40. The number of benzene rings is 2. The number of carboxylic acids is 1. The summed E-state index contributed by atoms with van der Waals surface area (Å²) in [6.45, 7) is 4.74. The number of aromatic carboxylic acids is 1. The topological polar surface area (TPSA) is 67.8 Å². The van der Waals surface area contributed by atoms with Crippen LogP contribution in [0.25, 0.3) is 0 Å². The van der Waals surface area contributed by atoms with E-state index in [4.69, 9.17) is 26.2 Å². The number of carbonyl (C=O) groups is 1. The van der Waals surface area contributed by atoms with Crippen LogP contribution >= 0.6 is 11.6 Å². The Bertz CT molecular complexity index is 746. The molecule has 0 aliphatic heterocycles. The van der Waals surface area contributed by atoms with Gasteiger partial charge < -0.3 is 19.9 Å². The number of methoxy groups -OCH3 is 1. The quantitative estimate of drug-likeness (QED) is 0.777. The summed E-state index contributed by atoms with van der Waals surface area (Å²) >= 11 is 6.14. The van der Waals surface area contributed by atoms with Crippen LogP contribution in [0.2, 0.25) is 5.02 Å². The Balaban J connectivity index is 2.25. The Morgan fingerprint density at radius 2 is 2.04 bits per heavy atom. The Hall–Kier alpha value is -2.40. The smallest absolute Gasteiger partial charge is 0.335 e. The van der Waals surface area contributed by atoms with Crippen LogP contribution in [0.15, 0.2) is 30.3 Å². The Morgan fingerprint density at radius 3 is 2.62 bits per heavy atom. The van der Waals surface area contributed by atoms with Crippen LogP contribution in [0.3, 0.4) is 0 Å². The number of carboxylic acid groups (broad SMARTS) is 1. The number of anilines is 1. The first-order valence-corrected chi connectivity index (χ1v) is 7.91. The molecule has 0 bridgehead atoms. The maximum atomic E-state index is 11.0. The molecule has 2 aromatic carbocycles. The molecule has 6 heteroatoms. The van der Waals surface area contributed by atoms with Crippen molar-refractivity contribution in [3.05, 3.63) is 52.0 Å². The summed E-state index contributed by atoms with van der Waals surface area (Å²) in [6.07, 6.45) is 0. The minimum absolute atomic E-state index is 0.262. The summed E-state index contributed by atoms with van der Waals surface area (Å²) in [7, 11) is 1.57. The number of nitrogens with one attached hydrogen (secondary N) is 1. The Morgan fingerprint density at radius 1 is 1.29 bits per heavy atom. The lowest BCUT2D eigenvalue weighted by Crippen LogP contribution is -2.06. The molecule has 0 radical (unpaired) electrons. The third-order valence-electron chi connectivity index (χ3n) is 3.55. The number of rotatable bonds is 7. The summed E-state index contributed by atoms with van der Waals surface area (Å²) in [4.78, 5) is 11.0. The van der Waals surface area contributed by atoms with Crippen molar-refractivity contribution in [3.63, 3.8) is 0 Å². The van der Waals surface area contributed by atoms with Gasteiger partial charge in [0.05, 0.1) is 19.3 Å². The molecule has 0 aliphatic carbocycles. The second kappa shape index (κ2) is 7.93. The lowest BCUT2D eigenvalue weighted by molar-refractivity contribution is 0.0697. The van der Waals surface area contributed by atoms with E-state index in [1.807, 2.05) is 19.9 Å². The highest BCUT2D eigenvalue weighted by atomic mass is 35.5. The standard InChI is InChI=1S/C18H20ClNO4/c1-4-24-17-13(8-14(19)9-16(17)23-3)10-20-15-6-5-12(18(21)22)7-11(15)2/h5-9,20H,4,10H2,1-3H3,(H,21,22). The fourth-order valence-corrected chi connectivity index (χ4v) is 2.63. The van der Waals surface area contributed by atoms with Crippen LogP contribution in [0.1, 0.15) is 28.4 Å². The molecule has 0 atom stereocenters. The van der Waals surface area contributed by atoms with Crippen LogP contribution in [0.4, 0.5) is 5.69 Å². The van der Waals surface area contributed by atoms with Gasteiger partial charge in [0.15, 0.2) is 11.5 Å². The lowest BCUT2D eigenvalue weighted by atomic mass is 10.1. The van der Waals surface area contributed by atoms with E-state index in [-0.39, 0.29) is 5.56 Å². The molecule has 0 heterocycles. The van der Waals surface area contributed by atoms with Gasteiger partial charge in [-0.3, -0.25) is 0 Å². The normalized spacial score (nSPS) is 10.3. The zero-order valence-corrected chi connectivity index (χ0v) is 14.6. The van der Waals surface area contributed by atoms with Crippen molar-refractivity contribution in [3.8, 4) is 11.5 Å². The summed E-state index contributed by atoms with van der Waals surface area (Å²) in [5, 5.41) is 12.9. The third-order valence-corrected chi connectivity index (χ3v) is 3.77. The summed E-state index contributed by atoms with van der Waals surface area (Å²) in [5.41, 5.74) is 2.82. The molecular formula is C18H20ClNO4. The molecule has 128 valence electrons. The van der Waals surface area contributed by atoms with E-state index < -0.39 is 5.97 Å². The predicted molar refractivity (Wildman–Crippen MR) is 94.6 cm³/mol. The van der Waals surface area contributed by atoms with Crippen molar-refractivity contribution in [2.75, 3.05) is 19.0 Å². The molecule has 0 saturated carbocycles. The zero-order chi connectivity index (χ0) is 17.7. The van der Waals surface area contributed by atoms with E-state index in [0.717, 1.165) is 16.8 Å². The van der Waals surface area contributed by atoms with Gasteiger partial charge in [0.2, 0.25) is 0 Å². The largest absolute Gasteiger partial charge is 0.493 e. The van der Waals surface area contributed by atoms with Gasteiger partial charge in [0, 0.05) is 28.9 Å². The molecule has 2 aromatic rings. The fraction of sp³-hybridized carbons (Fsp3) is 0.278. The Kier molecular flexibility index (Phi) is 5.93. The molecule has 5 nitrogen and oxygen atoms in total. The monoisotopic (exact) mass is 349 g/mol. The first kappa shape index (κ1) is 17.9. The van der Waals surface area contributed by atoms with Gasteiger partial charge in [-0.25, -0.2) is 4.79 Å². The number of ether oxygens (including phenoxy) is 2. The third kappa shape index (κ3) is 4.11. The summed E-state index contributed by atoms with van der Waals surface area (Å²) in [5.74, 6) is 0.290. The minimum Gasteiger partial charge on any atom is -0.493 e. The molecule has 24 heavy (non-hydrogen) atoms. The molecule has 0 aromatic heterocycles. The maximum Gasteiger partial charge on any atom is 0.335 e. The van der Waals surface area contributed by atoms with Crippen molar-refractivity contribution in [2.45, 2.75) is 20.4 Å². The van der Waals surface area contributed by atoms with Gasteiger partial charge in [-0.15, -0.1) is 0 Å². The number of hydrogen-bond acceptors (Lipinski definition) is 4. The highest BCUT2D eigenvalue weighted by Gasteiger charge is 2.13. The van der Waals surface area contributed by atoms with Gasteiger partial charge in [0.25, 0.3) is 0 Å². The van der Waals surface area contributed by atoms with E-state index in [0.29, 0.717) is 29.7 Å². The van der Waals surface area contributed by atoms with E-state index in [1.165, 1.54) is 0 Å². The van der Waals surface area contributed by atoms with Crippen molar-refractivity contribution in [2.24, 2.45) is 0 Å². The molecule has 0 aliphatic rings. The Labute approximate surface area is 146 Å². The van der Waals surface area contributed by atoms with Gasteiger partial charge >= 0.3 is 5.97 Å². The average molecular weight is 350 g/mol. The minimum atomic E-state index is -0.942. The highest BCUT2D eigenvalue weighted by Crippen LogP contribution is 2.35. The average Bonchev–Trinajstić information content (AvgIpc) is 2.55. The van der Waals surface area contributed by atoms with Gasteiger partial charge in [-0.1, -0.05) is 11.6 Å². The molecule has 0 saturated heterocycles.